The first-order chi connectivity index (χ1) is 52.9. The van der Waals surface area contributed by atoms with Gasteiger partial charge in [0, 0.05) is 78.8 Å². The lowest BCUT2D eigenvalue weighted by Crippen LogP contribution is -2.41. The van der Waals surface area contributed by atoms with Gasteiger partial charge in [0.05, 0.1) is 11.2 Å². The second-order valence-electron chi connectivity index (χ2n) is 27.6. The van der Waals surface area contributed by atoms with Gasteiger partial charge in [-0.1, -0.05) is 339 Å². The number of hydrogen-bond acceptors (Lipinski definition) is 10. The van der Waals surface area contributed by atoms with Gasteiger partial charge in [0.15, 0.2) is 34.9 Å². The third kappa shape index (κ3) is 14.2. The quantitative estimate of drug-likeness (QED) is 0.112. The van der Waals surface area contributed by atoms with Crippen molar-refractivity contribution in [3.05, 3.63) is 357 Å². The second-order valence-corrected chi connectivity index (χ2v) is 30.1. The van der Waals surface area contributed by atoms with Crippen LogP contribution in [-0.2, 0) is 9.31 Å². The van der Waals surface area contributed by atoms with Crippen LogP contribution in [0.3, 0.4) is 0 Å². The Labute approximate surface area is 641 Å². The summed E-state index contributed by atoms with van der Waals surface area (Å²) in [6, 6.07) is 121. The average Bonchev–Trinajstić information content (AvgIpc) is 1.59. The van der Waals surface area contributed by atoms with Gasteiger partial charge in [0.2, 0.25) is 0 Å². The van der Waals surface area contributed by atoms with Crippen molar-refractivity contribution in [3.63, 3.8) is 0 Å². The maximum absolute atomic E-state index is 6.41. The lowest BCUT2D eigenvalue weighted by Gasteiger charge is -2.32. The number of halogens is 1. The summed E-state index contributed by atoms with van der Waals surface area (Å²) in [4.78, 5) is 28.7. The summed E-state index contributed by atoms with van der Waals surface area (Å²) in [5.74, 6) is 3.91. The first-order valence-corrected chi connectivity index (χ1v) is 38.1. The molecule has 5 heterocycles. The van der Waals surface area contributed by atoms with Crippen molar-refractivity contribution in [1.82, 2.24) is 29.9 Å². The molecule has 0 amide bonds. The van der Waals surface area contributed by atoms with Crippen LogP contribution >= 0.6 is 34.3 Å². The van der Waals surface area contributed by atoms with E-state index in [0.29, 0.717) is 40.0 Å². The Balaban J connectivity index is 0.000000126. The molecule has 14 aromatic carbocycles. The predicted octanol–water partition coefficient (Wildman–Crippen LogP) is 25.5. The Morgan fingerprint density at radius 2 is 0.454 bits per heavy atom. The van der Waals surface area contributed by atoms with Crippen molar-refractivity contribution in [1.29, 1.82) is 0 Å². The van der Waals surface area contributed by atoms with Crippen LogP contribution < -0.4 is 5.46 Å². The van der Waals surface area contributed by atoms with E-state index in [1.165, 1.54) is 90.4 Å². The van der Waals surface area contributed by atoms with Crippen molar-refractivity contribution in [2.45, 2.75) is 38.9 Å². The number of aromatic nitrogens is 6. The first-order valence-electron chi connectivity index (χ1n) is 36.1. The van der Waals surface area contributed by atoms with E-state index >= 15 is 0 Å². The van der Waals surface area contributed by atoms with Gasteiger partial charge in [-0.2, -0.15) is 0 Å². The molecule has 1 saturated heterocycles. The Morgan fingerprint density at radius 3 is 0.759 bits per heavy atom. The van der Waals surface area contributed by atoms with Crippen LogP contribution in [0.5, 0.6) is 0 Å². The number of benzene rings is 14. The molecule has 1 aliphatic rings. The zero-order valence-corrected chi connectivity index (χ0v) is 62.1. The minimum Gasteiger partial charge on any atom is -0.399 e. The normalized spacial score (nSPS) is 12.9. The van der Waals surface area contributed by atoms with Crippen molar-refractivity contribution in [3.8, 4) is 124 Å². The van der Waals surface area contributed by atoms with Crippen LogP contribution in [0.25, 0.3) is 164 Å². The lowest BCUT2D eigenvalue weighted by atomic mass is 9.78. The van der Waals surface area contributed by atoms with Gasteiger partial charge in [-0.15, -0.1) is 22.7 Å². The van der Waals surface area contributed by atoms with Crippen molar-refractivity contribution < 1.29 is 9.31 Å². The van der Waals surface area contributed by atoms with Crippen LogP contribution in [0.1, 0.15) is 27.7 Å². The van der Waals surface area contributed by atoms with Crippen LogP contribution in [0, 0.1) is 0 Å². The average molecular weight is 1450 g/mol. The molecular formula is C96H70BClN6O2S2. The molecule has 0 radical (unpaired) electrons. The minimum absolute atomic E-state index is 0.359. The van der Waals surface area contributed by atoms with Crippen LogP contribution in [-0.4, -0.2) is 48.2 Å². The molecule has 518 valence electrons. The highest BCUT2D eigenvalue weighted by molar-refractivity contribution is 7.27. The van der Waals surface area contributed by atoms with Crippen molar-refractivity contribution >= 4 is 87.2 Å². The van der Waals surface area contributed by atoms with Crippen LogP contribution in [0.4, 0.5) is 0 Å². The van der Waals surface area contributed by atoms with E-state index in [9.17, 15) is 0 Å². The standard InChI is InChI=1S/C45H29N3S.C30H27BO2S.C21H14ClN3/c1-4-12-30(13-5-1)31-22-24-32(25-23-31)37-18-10-20-39-40-21-11-19-38(42(40)49-41(37)39)33-26-28-36(29-27-33)45-47-43(34-14-6-2-7-15-34)46-44(48-45)35-16-8-3-9-17-35;1-29(2)30(3,4)33-31(32-29)26-15-9-14-25-24-13-8-12-23(27(24)34-28(25)26)22-18-16-21(17-19-22)20-10-6-5-7-11-20;22-18-13-11-17(12-14-18)21-24-19(15-7-3-1-4-8-15)23-20(25-21)16-9-5-2-6-10-16/h1-29H;5-19H,1-4H3;1-14H. The summed E-state index contributed by atoms with van der Waals surface area (Å²) in [6.07, 6.45) is 0. The fraction of sp³-hybridized carbons (Fsp3) is 0.0625. The van der Waals surface area contributed by atoms with E-state index in [4.69, 9.17) is 35.9 Å². The van der Waals surface area contributed by atoms with Gasteiger partial charge < -0.3 is 9.31 Å². The Bertz CT molecular complexity index is 6080. The fourth-order valence-corrected chi connectivity index (χ4v) is 16.6. The number of rotatable bonds is 12. The fourth-order valence-electron chi connectivity index (χ4n) is 13.7. The second kappa shape index (κ2) is 30.0. The van der Waals surface area contributed by atoms with E-state index < -0.39 is 0 Å². The molecule has 0 atom stereocenters. The molecule has 8 nitrogen and oxygen atoms in total. The van der Waals surface area contributed by atoms with Gasteiger partial charge in [-0.05, 0) is 113 Å². The highest BCUT2D eigenvalue weighted by Crippen LogP contribution is 2.46. The minimum atomic E-state index is -0.365. The third-order valence-corrected chi connectivity index (χ3v) is 23.0. The van der Waals surface area contributed by atoms with E-state index in [2.05, 4.69) is 249 Å². The van der Waals surface area contributed by atoms with Gasteiger partial charge >= 0.3 is 7.12 Å². The molecule has 0 bridgehead atoms. The van der Waals surface area contributed by atoms with Gasteiger partial charge in [0.1, 0.15) is 0 Å². The summed E-state index contributed by atoms with van der Waals surface area (Å²) in [7, 11) is -0.365. The molecule has 0 unspecified atom stereocenters. The monoisotopic (exact) mass is 1450 g/mol. The summed E-state index contributed by atoms with van der Waals surface area (Å²) in [5, 5.41) is 5.79. The van der Waals surface area contributed by atoms with E-state index in [-0.39, 0.29) is 18.3 Å². The summed E-state index contributed by atoms with van der Waals surface area (Å²) in [5.41, 5.74) is 18.4. The molecule has 0 N–H and O–H groups in total. The predicted molar refractivity (Wildman–Crippen MR) is 452 cm³/mol. The SMILES string of the molecule is CC1(C)OB(c2cccc3c2sc2c(-c4ccc(-c5ccccc5)cc4)cccc23)OC1(C)C.Clc1ccc(-c2nc(-c3ccccc3)nc(-c3ccccc3)n2)cc1.c1ccc(-c2ccc(-c3cccc4c3sc3c(-c5ccc(-c6nc(-c7ccccc7)nc(-c7ccccc7)n6)cc5)cccc34)cc2)cc1. The van der Waals surface area contributed by atoms with Crippen LogP contribution in [0.2, 0.25) is 5.02 Å². The van der Waals surface area contributed by atoms with Crippen LogP contribution in [0.15, 0.2) is 352 Å². The number of nitrogens with zero attached hydrogens (tertiary/aromatic N) is 6. The van der Waals surface area contributed by atoms with Gasteiger partial charge in [-0.25, -0.2) is 29.9 Å². The highest BCUT2D eigenvalue weighted by atomic mass is 35.5. The molecule has 19 rings (SSSR count). The molecule has 0 saturated carbocycles. The zero-order valence-electron chi connectivity index (χ0n) is 59.8. The Hall–Kier alpha value is -12.2. The maximum Gasteiger partial charge on any atom is 0.496 e. The number of hydrogen-bond donors (Lipinski definition) is 0. The van der Waals surface area contributed by atoms with E-state index in [0.717, 1.165) is 44.4 Å². The van der Waals surface area contributed by atoms with Crippen molar-refractivity contribution in [2.75, 3.05) is 0 Å². The highest BCUT2D eigenvalue weighted by Gasteiger charge is 2.52. The van der Waals surface area contributed by atoms with Gasteiger partial charge in [0.25, 0.3) is 0 Å². The molecular weight excluding hydrogens is 1380 g/mol. The molecule has 108 heavy (non-hydrogen) atoms. The third-order valence-electron chi connectivity index (χ3n) is 20.1. The molecule has 0 spiro atoms. The summed E-state index contributed by atoms with van der Waals surface area (Å²) >= 11 is 9.71. The topological polar surface area (TPSA) is 95.8 Å². The molecule has 1 fully saturated rings. The first kappa shape index (κ1) is 68.9. The number of thiophene rings is 2. The Morgan fingerprint density at radius 1 is 0.231 bits per heavy atom. The lowest BCUT2D eigenvalue weighted by molar-refractivity contribution is 0.00578. The summed E-state index contributed by atoms with van der Waals surface area (Å²) < 4.78 is 18.0. The Kier molecular flexibility index (Phi) is 19.1. The van der Waals surface area contributed by atoms with Crippen molar-refractivity contribution in [2.24, 2.45) is 0 Å². The largest absolute Gasteiger partial charge is 0.496 e. The molecule has 0 aliphatic carbocycles. The smallest absolute Gasteiger partial charge is 0.399 e. The molecule has 12 heteroatoms. The maximum atomic E-state index is 6.41. The molecule has 4 aromatic heterocycles. The van der Waals surface area contributed by atoms with Gasteiger partial charge in [-0.3, -0.25) is 0 Å². The summed E-state index contributed by atoms with van der Waals surface area (Å²) in [6.45, 7) is 8.43. The van der Waals surface area contributed by atoms with E-state index in [1.54, 1.807) is 0 Å². The molecule has 1 aliphatic heterocycles. The zero-order chi connectivity index (χ0) is 73.1. The number of fused-ring (bicyclic) bond motifs is 6. The molecule has 18 aromatic rings. The van der Waals surface area contributed by atoms with E-state index in [1.807, 2.05) is 168 Å².